The zero-order chi connectivity index (χ0) is 19.8. The molecule has 0 bridgehead atoms. The second-order valence-electron chi connectivity index (χ2n) is 5.79. The van der Waals surface area contributed by atoms with Gasteiger partial charge in [-0.25, -0.2) is 0 Å². The van der Waals surface area contributed by atoms with Gasteiger partial charge in [0.15, 0.2) is 6.61 Å². The van der Waals surface area contributed by atoms with Gasteiger partial charge in [-0.15, -0.1) is 6.58 Å². The lowest BCUT2D eigenvalue weighted by Gasteiger charge is -2.06. The molecule has 0 fully saturated rings. The molecule has 1 amide bonds. The summed E-state index contributed by atoms with van der Waals surface area (Å²) < 4.78 is 16.3. The summed E-state index contributed by atoms with van der Waals surface area (Å²) in [5.41, 5.74) is 1.53. The van der Waals surface area contributed by atoms with Crippen LogP contribution in [0.15, 0.2) is 65.7 Å². The lowest BCUT2D eigenvalue weighted by Crippen LogP contribution is -2.28. The number of amides is 1. The van der Waals surface area contributed by atoms with Gasteiger partial charge in [0.1, 0.15) is 11.5 Å². The summed E-state index contributed by atoms with van der Waals surface area (Å²) in [5, 5.41) is 6.69. The van der Waals surface area contributed by atoms with Crippen molar-refractivity contribution in [3.63, 3.8) is 0 Å². The van der Waals surface area contributed by atoms with E-state index in [0.717, 1.165) is 16.9 Å². The van der Waals surface area contributed by atoms with Gasteiger partial charge in [0.05, 0.1) is 6.61 Å². The molecule has 144 valence electrons. The third kappa shape index (κ3) is 4.97. The molecular formula is C21H21N3O4. The topological polar surface area (TPSA) is 86.5 Å². The van der Waals surface area contributed by atoms with Crippen molar-refractivity contribution in [3.8, 4) is 34.3 Å². The highest BCUT2D eigenvalue weighted by Gasteiger charge is 2.12. The summed E-state index contributed by atoms with van der Waals surface area (Å²) in [6.07, 6.45) is 1.61. The van der Waals surface area contributed by atoms with Crippen molar-refractivity contribution in [2.24, 2.45) is 0 Å². The van der Waals surface area contributed by atoms with E-state index in [9.17, 15) is 4.79 Å². The van der Waals surface area contributed by atoms with E-state index in [0.29, 0.717) is 30.6 Å². The summed E-state index contributed by atoms with van der Waals surface area (Å²) in [6, 6.07) is 14.6. The lowest BCUT2D eigenvalue weighted by atomic mass is 10.2. The Morgan fingerprint density at radius 2 is 1.96 bits per heavy atom. The third-order valence-corrected chi connectivity index (χ3v) is 3.74. The number of hydrogen-bond donors (Lipinski definition) is 1. The van der Waals surface area contributed by atoms with E-state index in [1.165, 1.54) is 0 Å². The first-order valence-corrected chi connectivity index (χ1v) is 8.87. The lowest BCUT2D eigenvalue weighted by molar-refractivity contribution is -0.122. The molecule has 28 heavy (non-hydrogen) atoms. The Balaban J connectivity index is 1.69. The van der Waals surface area contributed by atoms with E-state index in [1.54, 1.807) is 24.3 Å². The number of hydrogen-bond acceptors (Lipinski definition) is 6. The number of nitrogens with zero attached hydrogens (tertiary/aromatic N) is 2. The molecule has 7 nitrogen and oxygen atoms in total. The summed E-state index contributed by atoms with van der Waals surface area (Å²) in [6.45, 7) is 6.41. The number of benzene rings is 2. The fraction of sp³-hybridized carbons (Fsp3) is 0.190. The zero-order valence-corrected chi connectivity index (χ0v) is 15.6. The number of aromatic nitrogens is 2. The van der Waals surface area contributed by atoms with Gasteiger partial charge in [0.2, 0.25) is 5.82 Å². The van der Waals surface area contributed by atoms with Gasteiger partial charge in [-0.2, -0.15) is 4.98 Å². The minimum Gasteiger partial charge on any atom is -0.494 e. The molecule has 0 aliphatic rings. The van der Waals surface area contributed by atoms with Gasteiger partial charge in [0.25, 0.3) is 11.8 Å². The zero-order valence-electron chi connectivity index (χ0n) is 15.6. The van der Waals surface area contributed by atoms with Crippen LogP contribution in [0.5, 0.6) is 11.5 Å². The highest BCUT2D eigenvalue weighted by molar-refractivity contribution is 5.77. The maximum Gasteiger partial charge on any atom is 0.258 e. The molecule has 0 radical (unpaired) electrons. The molecule has 0 saturated carbocycles. The predicted molar refractivity (Wildman–Crippen MR) is 105 cm³/mol. The van der Waals surface area contributed by atoms with Gasteiger partial charge < -0.3 is 19.3 Å². The summed E-state index contributed by atoms with van der Waals surface area (Å²) in [7, 11) is 0. The van der Waals surface area contributed by atoms with Gasteiger partial charge in [0, 0.05) is 17.7 Å². The van der Waals surface area contributed by atoms with Gasteiger partial charge in [-0.05, 0) is 43.3 Å². The largest absolute Gasteiger partial charge is 0.494 e. The van der Waals surface area contributed by atoms with Gasteiger partial charge >= 0.3 is 0 Å². The van der Waals surface area contributed by atoms with E-state index >= 15 is 0 Å². The monoisotopic (exact) mass is 379 g/mol. The van der Waals surface area contributed by atoms with Crippen LogP contribution in [-0.4, -0.2) is 35.8 Å². The quantitative estimate of drug-likeness (QED) is 0.573. The minimum absolute atomic E-state index is 0.0824. The molecule has 2 aromatic carbocycles. The Morgan fingerprint density at radius 1 is 1.14 bits per heavy atom. The molecule has 1 heterocycles. The number of rotatable bonds is 9. The Morgan fingerprint density at radius 3 is 2.71 bits per heavy atom. The van der Waals surface area contributed by atoms with Crippen LogP contribution in [0, 0.1) is 0 Å². The van der Waals surface area contributed by atoms with E-state index < -0.39 is 0 Å². The van der Waals surface area contributed by atoms with Crippen molar-refractivity contribution in [3.05, 3.63) is 61.2 Å². The first kappa shape index (κ1) is 19.2. The Kier molecular flexibility index (Phi) is 6.41. The normalized spacial score (nSPS) is 10.3. The Hall–Kier alpha value is -3.61. The van der Waals surface area contributed by atoms with Crippen molar-refractivity contribution >= 4 is 5.91 Å². The van der Waals surface area contributed by atoms with Crippen molar-refractivity contribution in [1.82, 2.24) is 15.5 Å². The SMILES string of the molecule is C=CCNC(=O)COc1cccc(-c2noc(-c3ccc(OCC)cc3)n2)c1. The maximum atomic E-state index is 11.6. The standard InChI is InChI=1S/C21H21N3O4/c1-3-12-22-19(25)14-27-18-7-5-6-16(13-18)20-23-21(28-24-20)15-8-10-17(11-9-15)26-4-2/h3,5-11,13H,1,4,12,14H2,2H3,(H,22,25). The predicted octanol–water partition coefficient (Wildman–Crippen LogP) is 3.48. The van der Waals surface area contributed by atoms with Crippen LogP contribution in [0.4, 0.5) is 0 Å². The molecular weight excluding hydrogens is 358 g/mol. The summed E-state index contributed by atoms with van der Waals surface area (Å²) in [5.74, 6) is 1.95. The number of carbonyl (C=O) groups is 1. The van der Waals surface area contributed by atoms with Crippen molar-refractivity contribution in [2.45, 2.75) is 6.92 Å². The van der Waals surface area contributed by atoms with E-state index in [4.69, 9.17) is 14.0 Å². The highest BCUT2D eigenvalue weighted by atomic mass is 16.5. The number of ether oxygens (including phenoxy) is 2. The van der Waals surface area contributed by atoms with Crippen LogP contribution in [0.2, 0.25) is 0 Å². The van der Waals surface area contributed by atoms with Crippen molar-refractivity contribution in [2.75, 3.05) is 19.8 Å². The molecule has 3 aromatic rings. The molecule has 0 atom stereocenters. The number of nitrogens with one attached hydrogen (secondary N) is 1. The molecule has 3 rings (SSSR count). The molecule has 0 unspecified atom stereocenters. The van der Waals surface area contributed by atoms with Crippen LogP contribution < -0.4 is 14.8 Å². The van der Waals surface area contributed by atoms with Crippen molar-refractivity contribution in [1.29, 1.82) is 0 Å². The fourth-order valence-electron chi connectivity index (χ4n) is 2.43. The fourth-order valence-corrected chi connectivity index (χ4v) is 2.43. The van der Waals surface area contributed by atoms with Crippen LogP contribution in [0.1, 0.15) is 6.92 Å². The Bertz CT molecular complexity index is 935. The second-order valence-corrected chi connectivity index (χ2v) is 5.79. The maximum absolute atomic E-state index is 11.6. The highest BCUT2D eigenvalue weighted by Crippen LogP contribution is 2.26. The Labute approximate surface area is 163 Å². The molecule has 1 aromatic heterocycles. The molecule has 0 aliphatic heterocycles. The third-order valence-electron chi connectivity index (χ3n) is 3.74. The van der Waals surface area contributed by atoms with E-state index in [2.05, 4.69) is 22.0 Å². The van der Waals surface area contributed by atoms with Crippen molar-refractivity contribution < 1.29 is 18.8 Å². The van der Waals surface area contributed by atoms with Gasteiger partial charge in [-0.1, -0.05) is 23.4 Å². The first-order valence-electron chi connectivity index (χ1n) is 8.87. The average molecular weight is 379 g/mol. The number of carbonyl (C=O) groups excluding carboxylic acids is 1. The van der Waals surface area contributed by atoms with Gasteiger partial charge in [-0.3, -0.25) is 4.79 Å². The average Bonchev–Trinajstić information content (AvgIpc) is 3.22. The molecule has 0 spiro atoms. The molecule has 1 N–H and O–H groups in total. The van der Waals surface area contributed by atoms with E-state index in [-0.39, 0.29) is 12.5 Å². The molecule has 7 heteroatoms. The minimum atomic E-state index is -0.220. The van der Waals surface area contributed by atoms with Crippen LogP contribution in [0.25, 0.3) is 22.8 Å². The van der Waals surface area contributed by atoms with Crippen LogP contribution >= 0.6 is 0 Å². The summed E-state index contributed by atoms with van der Waals surface area (Å²) >= 11 is 0. The molecule has 0 aliphatic carbocycles. The first-order chi connectivity index (χ1) is 13.7. The summed E-state index contributed by atoms with van der Waals surface area (Å²) in [4.78, 5) is 16.1. The second kappa shape index (κ2) is 9.36. The van der Waals surface area contributed by atoms with Crippen LogP contribution in [-0.2, 0) is 4.79 Å². The van der Waals surface area contributed by atoms with E-state index in [1.807, 2.05) is 37.3 Å². The smallest absolute Gasteiger partial charge is 0.258 e. The molecule has 0 saturated heterocycles. The van der Waals surface area contributed by atoms with Crippen LogP contribution in [0.3, 0.4) is 0 Å².